The van der Waals surface area contributed by atoms with Crippen LogP contribution in [0.4, 0.5) is 0 Å². The Labute approximate surface area is 186 Å². The Hall–Kier alpha value is -0.850. The summed E-state index contributed by atoms with van der Waals surface area (Å²) in [6.45, 7) is 4.18. The third kappa shape index (κ3) is 9.97. The number of allylic oxidation sites excluding steroid dienone is 2. The third-order valence-electron chi connectivity index (χ3n) is 5.73. The fourth-order valence-corrected chi connectivity index (χ4v) is 5.05. The summed E-state index contributed by atoms with van der Waals surface area (Å²) in [6, 6.07) is 0. The van der Waals surface area contributed by atoms with Crippen LogP contribution in [0.1, 0.15) is 110 Å². The van der Waals surface area contributed by atoms with Gasteiger partial charge in [0.2, 0.25) is 11.2 Å². The Balaban J connectivity index is 2.67. The summed E-state index contributed by atoms with van der Waals surface area (Å²) in [5, 5.41) is 8.24. The first-order valence-electron chi connectivity index (χ1n) is 12.1. The van der Waals surface area contributed by atoms with Crippen LogP contribution >= 0.6 is 0 Å². The van der Waals surface area contributed by atoms with Gasteiger partial charge in [-0.15, -0.1) is 0 Å². The Morgan fingerprint density at radius 1 is 1.00 bits per heavy atom. The van der Waals surface area contributed by atoms with Crippen molar-refractivity contribution in [3.8, 4) is 0 Å². The summed E-state index contributed by atoms with van der Waals surface area (Å²) in [5.41, 5.74) is 0.803. The lowest BCUT2D eigenvalue weighted by molar-refractivity contribution is -0.136. The lowest BCUT2D eigenvalue weighted by atomic mass is 10.1. The van der Waals surface area contributed by atoms with Crippen molar-refractivity contribution in [3.05, 3.63) is 11.8 Å². The van der Waals surface area contributed by atoms with Gasteiger partial charge in [0.1, 0.15) is 5.75 Å². The molecule has 1 N–H and O–H groups in total. The molecule has 0 aliphatic carbocycles. The van der Waals surface area contributed by atoms with E-state index < -0.39 is 16.4 Å². The van der Waals surface area contributed by atoms with Gasteiger partial charge >= 0.3 is 0 Å². The van der Waals surface area contributed by atoms with Crippen molar-refractivity contribution in [2.75, 3.05) is 12.4 Å². The van der Waals surface area contributed by atoms with Crippen molar-refractivity contribution in [2.45, 2.75) is 115 Å². The summed E-state index contributed by atoms with van der Waals surface area (Å²) < 4.78 is 12.2. The van der Waals surface area contributed by atoms with Gasteiger partial charge in [-0.05, 0) is 36.9 Å². The van der Waals surface area contributed by atoms with Gasteiger partial charge in [0.25, 0.3) is 5.91 Å². The molecule has 2 atom stereocenters. The SMILES string of the molecule is CCCCCCCC/C=C(\CCCCCCCC)N1C(=O)CC([S+]([O-])CCO)C1=O. The van der Waals surface area contributed by atoms with Gasteiger partial charge in [-0.3, -0.25) is 14.5 Å². The van der Waals surface area contributed by atoms with E-state index in [4.69, 9.17) is 5.11 Å². The van der Waals surface area contributed by atoms with Gasteiger partial charge in [0, 0.05) is 5.70 Å². The monoisotopic (exact) mass is 441 g/mol. The Kier molecular flexibility index (Phi) is 15.2. The average molecular weight is 442 g/mol. The highest BCUT2D eigenvalue weighted by Gasteiger charge is 2.46. The van der Waals surface area contributed by atoms with Gasteiger partial charge in [-0.1, -0.05) is 84.1 Å². The molecule has 1 saturated heterocycles. The molecule has 1 aliphatic rings. The number of hydrogen-bond acceptors (Lipinski definition) is 4. The molecule has 0 aromatic rings. The van der Waals surface area contributed by atoms with Gasteiger partial charge < -0.3 is 9.66 Å². The predicted octanol–water partition coefficient (Wildman–Crippen LogP) is 5.24. The largest absolute Gasteiger partial charge is 0.616 e. The van der Waals surface area contributed by atoms with E-state index in [9.17, 15) is 14.1 Å². The van der Waals surface area contributed by atoms with Crippen molar-refractivity contribution in [2.24, 2.45) is 0 Å². The highest BCUT2D eigenvalue weighted by Crippen LogP contribution is 2.28. The van der Waals surface area contributed by atoms with E-state index in [0.717, 1.165) is 37.8 Å². The number of carbonyl (C=O) groups excluding carboxylic acids is 2. The van der Waals surface area contributed by atoms with Crippen molar-refractivity contribution < 1.29 is 19.2 Å². The van der Waals surface area contributed by atoms with Gasteiger partial charge in [0.15, 0.2) is 0 Å². The second-order valence-corrected chi connectivity index (χ2v) is 10.1. The van der Waals surface area contributed by atoms with Gasteiger partial charge in [0.05, 0.1) is 13.0 Å². The minimum atomic E-state index is -1.50. The van der Waals surface area contributed by atoms with Crippen LogP contribution in [-0.4, -0.2) is 44.0 Å². The van der Waals surface area contributed by atoms with Gasteiger partial charge in [-0.25, -0.2) is 0 Å². The minimum Gasteiger partial charge on any atom is -0.616 e. The van der Waals surface area contributed by atoms with Crippen LogP contribution in [0.5, 0.6) is 0 Å². The average Bonchev–Trinajstić information content (AvgIpc) is 3.02. The van der Waals surface area contributed by atoms with E-state index in [1.165, 1.54) is 62.7 Å². The van der Waals surface area contributed by atoms with E-state index in [1.54, 1.807) is 0 Å². The first-order valence-corrected chi connectivity index (χ1v) is 13.5. The minimum absolute atomic E-state index is 0.00367. The van der Waals surface area contributed by atoms with Gasteiger partial charge in [-0.2, -0.15) is 0 Å². The van der Waals surface area contributed by atoms with E-state index >= 15 is 0 Å². The standard InChI is InChI=1S/C24H43NO4S/c1-3-5-7-9-11-13-15-17-21(16-14-12-10-8-6-4-2)25-23(27)20-22(24(25)28)30(29)19-18-26/h17,22,26H,3-16,18-20H2,1-2H3/b21-17+. The molecule has 0 radical (unpaired) electrons. The fourth-order valence-electron chi connectivity index (χ4n) is 3.93. The highest BCUT2D eigenvalue weighted by atomic mass is 32.2. The molecule has 1 fully saturated rings. The van der Waals surface area contributed by atoms with Crippen molar-refractivity contribution in [1.29, 1.82) is 0 Å². The summed E-state index contributed by atoms with van der Waals surface area (Å²) in [6.07, 6.45) is 17.9. The molecule has 1 heterocycles. The Morgan fingerprint density at radius 3 is 2.17 bits per heavy atom. The molecule has 174 valence electrons. The van der Waals surface area contributed by atoms with E-state index in [1.807, 2.05) is 0 Å². The third-order valence-corrected chi connectivity index (χ3v) is 7.31. The molecule has 2 amide bonds. The van der Waals surface area contributed by atoms with Crippen LogP contribution in [0.25, 0.3) is 0 Å². The zero-order chi connectivity index (χ0) is 22.2. The topological polar surface area (TPSA) is 80.7 Å². The van der Waals surface area contributed by atoms with Crippen LogP contribution in [0.3, 0.4) is 0 Å². The second kappa shape index (κ2) is 16.8. The molecule has 0 saturated carbocycles. The number of rotatable bonds is 18. The van der Waals surface area contributed by atoms with E-state index in [2.05, 4.69) is 19.9 Å². The number of likely N-dealkylation sites (tertiary alicyclic amines) is 1. The highest BCUT2D eigenvalue weighted by molar-refractivity contribution is 7.92. The van der Waals surface area contributed by atoms with Crippen LogP contribution in [-0.2, 0) is 20.8 Å². The number of carbonyl (C=O) groups is 2. The first-order chi connectivity index (χ1) is 14.6. The van der Waals surface area contributed by atoms with Crippen LogP contribution in [0, 0.1) is 0 Å². The summed E-state index contributed by atoms with van der Waals surface area (Å²) >= 11 is -1.50. The normalized spacial score (nSPS) is 18.5. The fraction of sp³-hybridized carbons (Fsp3) is 0.833. The summed E-state index contributed by atoms with van der Waals surface area (Å²) in [5.74, 6) is -0.533. The molecular weight excluding hydrogens is 398 g/mol. The smallest absolute Gasteiger partial charge is 0.287 e. The maximum absolute atomic E-state index is 12.8. The van der Waals surface area contributed by atoms with Crippen molar-refractivity contribution in [1.82, 2.24) is 4.90 Å². The number of nitrogens with zero attached hydrogens (tertiary/aromatic N) is 1. The zero-order valence-corrected chi connectivity index (χ0v) is 20.0. The zero-order valence-electron chi connectivity index (χ0n) is 19.2. The lowest BCUT2D eigenvalue weighted by Gasteiger charge is -2.20. The molecule has 1 rings (SSSR count). The lowest BCUT2D eigenvalue weighted by Crippen LogP contribution is -2.36. The maximum atomic E-state index is 12.8. The molecule has 2 unspecified atom stereocenters. The molecule has 1 aliphatic heterocycles. The Bertz CT molecular complexity index is 523. The number of imide groups is 1. The van der Waals surface area contributed by atoms with Crippen molar-refractivity contribution >= 4 is 23.0 Å². The number of amides is 2. The van der Waals surface area contributed by atoms with Crippen LogP contribution < -0.4 is 0 Å². The summed E-state index contributed by atoms with van der Waals surface area (Å²) in [4.78, 5) is 26.7. The molecule has 0 aromatic carbocycles. The molecular formula is C24H43NO4S. The number of hydrogen-bond donors (Lipinski definition) is 1. The summed E-state index contributed by atoms with van der Waals surface area (Å²) in [7, 11) is 0. The maximum Gasteiger partial charge on any atom is 0.287 e. The first kappa shape index (κ1) is 27.2. The number of unbranched alkanes of at least 4 members (excludes halogenated alkanes) is 11. The predicted molar refractivity (Wildman–Crippen MR) is 124 cm³/mol. The van der Waals surface area contributed by atoms with E-state index in [-0.39, 0.29) is 30.6 Å². The molecule has 6 heteroatoms. The van der Waals surface area contributed by atoms with E-state index in [0.29, 0.717) is 0 Å². The molecule has 0 spiro atoms. The van der Waals surface area contributed by atoms with Crippen molar-refractivity contribution in [3.63, 3.8) is 0 Å². The molecule has 0 bridgehead atoms. The Morgan fingerprint density at radius 2 is 1.57 bits per heavy atom. The number of aliphatic hydroxyl groups excluding tert-OH is 1. The molecule has 5 nitrogen and oxygen atoms in total. The van der Waals surface area contributed by atoms with Crippen LogP contribution in [0.15, 0.2) is 11.8 Å². The molecule has 0 aromatic heterocycles. The second-order valence-electron chi connectivity index (χ2n) is 8.34. The number of aliphatic hydroxyl groups is 1. The molecule has 30 heavy (non-hydrogen) atoms. The van der Waals surface area contributed by atoms with Crippen LogP contribution in [0.2, 0.25) is 0 Å². The quantitative estimate of drug-likeness (QED) is 0.179.